The SMILES string of the molecule is COC(=O)NC(C(=O)N(Cc1ncc(-c2ccc3c(c2)C(F)(F)c2cc(-c4ccc(-c5cnc(C6CCCN6C(=O)C(NC(=O)OC)C6CCOCC6)[nH]5)cc4)ccc2-3)[nH]1)CC1(C)CC1)C(C)C. The van der Waals surface area contributed by atoms with E-state index in [9.17, 15) is 19.2 Å². The summed E-state index contributed by atoms with van der Waals surface area (Å²) in [5, 5.41) is 5.46. The zero-order chi connectivity index (χ0) is 47.9. The van der Waals surface area contributed by atoms with Gasteiger partial charge in [-0.2, -0.15) is 8.78 Å². The van der Waals surface area contributed by atoms with Gasteiger partial charge in [0.1, 0.15) is 23.7 Å². The molecule has 4 N–H and O–H groups in total. The monoisotopic (exact) mass is 932 g/mol. The minimum Gasteiger partial charge on any atom is -0.453 e. The van der Waals surface area contributed by atoms with E-state index in [1.54, 1.807) is 46.5 Å². The number of halogens is 2. The van der Waals surface area contributed by atoms with Crippen LogP contribution in [0.25, 0.3) is 44.8 Å². The number of methoxy groups -OCH3 is 2. The number of nitrogens with zero attached hydrogens (tertiary/aromatic N) is 4. The molecule has 5 aromatic rings. The van der Waals surface area contributed by atoms with Crippen LogP contribution in [0.1, 0.15) is 88.1 Å². The number of alkyl halides is 2. The van der Waals surface area contributed by atoms with Crippen molar-refractivity contribution < 1.29 is 42.2 Å². The van der Waals surface area contributed by atoms with Gasteiger partial charge in [-0.25, -0.2) is 19.6 Å². The molecule has 15 nitrogen and oxygen atoms in total. The summed E-state index contributed by atoms with van der Waals surface area (Å²) in [6.07, 6.45) is 6.78. The Hall–Kier alpha value is -6.62. The van der Waals surface area contributed by atoms with Crippen molar-refractivity contribution in [2.45, 2.75) is 89.9 Å². The number of aromatic nitrogens is 4. The number of rotatable bonds is 14. The Morgan fingerprint density at radius 3 is 2.09 bits per heavy atom. The lowest BCUT2D eigenvalue weighted by Gasteiger charge is -2.34. The maximum Gasteiger partial charge on any atom is 0.407 e. The van der Waals surface area contributed by atoms with E-state index in [1.165, 1.54) is 20.3 Å². The molecule has 3 atom stereocenters. The minimum atomic E-state index is -3.27. The highest BCUT2D eigenvalue weighted by molar-refractivity contribution is 5.88. The van der Waals surface area contributed by atoms with Crippen LogP contribution in [0.15, 0.2) is 73.1 Å². The second-order valence-corrected chi connectivity index (χ2v) is 19.2. The van der Waals surface area contributed by atoms with E-state index in [-0.39, 0.29) is 52.8 Å². The minimum absolute atomic E-state index is 0.0279. The second-order valence-electron chi connectivity index (χ2n) is 19.2. The van der Waals surface area contributed by atoms with Crippen LogP contribution in [0.3, 0.4) is 0 Å². The second kappa shape index (κ2) is 18.8. The number of H-pyrrole nitrogens is 2. The number of nitrogens with one attached hydrogen (secondary N) is 4. The highest BCUT2D eigenvalue weighted by Crippen LogP contribution is 2.53. The average molecular weight is 933 g/mol. The lowest BCUT2D eigenvalue weighted by Crippen LogP contribution is -2.53. The van der Waals surface area contributed by atoms with Crippen LogP contribution >= 0.6 is 0 Å². The molecule has 2 aliphatic carbocycles. The molecule has 3 unspecified atom stereocenters. The summed E-state index contributed by atoms with van der Waals surface area (Å²) in [6, 6.07) is 16.0. The van der Waals surface area contributed by atoms with Crippen molar-refractivity contribution in [3.05, 3.63) is 95.8 Å². The van der Waals surface area contributed by atoms with E-state index < -0.39 is 30.2 Å². The van der Waals surface area contributed by atoms with Crippen LogP contribution in [-0.4, -0.2) is 106 Å². The van der Waals surface area contributed by atoms with Crippen molar-refractivity contribution in [1.82, 2.24) is 40.4 Å². The number of hydrogen-bond donors (Lipinski definition) is 4. The van der Waals surface area contributed by atoms with Gasteiger partial charge < -0.3 is 44.6 Å². The molecule has 0 spiro atoms. The summed E-state index contributed by atoms with van der Waals surface area (Å²) in [5.74, 6) is -2.81. The van der Waals surface area contributed by atoms with Gasteiger partial charge in [0, 0.05) is 43.0 Å². The van der Waals surface area contributed by atoms with E-state index in [2.05, 4.69) is 32.5 Å². The van der Waals surface area contributed by atoms with Gasteiger partial charge in [-0.15, -0.1) is 0 Å². The number of carbonyl (C=O) groups excluding carboxylic acids is 4. The number of aromatic amines is 2. The Morgan fingerprint density at radius 1 is 0.824 bits per heavy atom. The molecule has 9 rings (SSSR count). The number of alkyl carbamates (subject to hydrolysis) is 2. The lowest BCUT2D eigenvalue weighted by molar-refractivity contribution is -0.137. The topological polar surface area (TPSA) is 184 Å². The summed E-state index contributed by atoms with van der Waals surface area (Å²) in [7, 11) is 2.54. The van der Waals surface area contributed by atoms with E-state index in [0.29, 0.717) is 78.7 Å². The number of amides is 4. The Morgan fingerprint density at radius 2 is 1.43 bits per heavy atom. The van der Waals surface area contributed by atoms with Crippen molar-refractivity contribution in [1.29, 1.82) is 0 Å². The molecule has 358 valence electrons. The van der Waals surface area contributed by atoms with Crippen LogP contribution in [0.4, 0.5) is 18.4 Å². The van der Waals surface area contributed by atoms with Crippen LogP contribution in [0.5, 0.6) is 0 Å². The molecular formula is C51H58F2N8O7. The number of benzene rings is 3. The van der Waals surface area contributed by atoms with E-state index in [4.69, 9.17) is 19.2 Å². The zero-order valence-electron chi connectivity index (χ0n) is 39.0. The Balaban J connectivity index is 0.889. The van der Waals surface area contributed by atoms with Crippen molar-refractivity contribution >= 4 is 24.0 Å². The molecule has 3 fully saturated rings. The fourth-order valence-electron chi connectivity index (χ4n) is 9.89. The first-order valence-electron chi connectivity index (χ1n) is 23.4. The van der Waals surface area contributed by atoms with Gasteiger partial charge in [0.25, 0.3) is 5.92 Å². The Kier molecular flexibility index (Phi) is 12.9. The van der Waals surface area contributed by atoms with Gasteiger partial charge in [0.05, 0.1) is 50.6 Å². The highest BCUT2D eigenvalue weighted by atomic mass is 19.3. The van der Waals surface area contributed by atoms with Gasteiger partial charge >= 0.3 is 12.2 Å². The fraction of sp³-hybridized carbons (Fsp3) is 0.451. The molecule has 2 saturated heterocycles. The fourth-order valence-corrected chi connectivity index (χ4v) is 9.89. The molecule has 0 bridgehead atoms. The molecule has 4 heterocycles. The first-order chi connectivity index (χ1) is 32.7. The summed E-state index contributed by atoms with van der Waals surface area (Å²) in [5.41, 5.74) is 4.81. The van der Waals surface area contributed by atoms with Crippen molar-refractivity contribution in [2.75, 3.05) is 40.5 Å². The molecule has 4 aliphatic rings. The predicted octanol–water partition coefficient (Wildman–Crippen LogP) is 8.58. The first-order valence-corrected chi connectivity index (χ1v) is 23.4. The number of hydrogen-bond acceptors (Lipinski definition) is 9. The number of imidazole rings is 2. The highest BCUT2D eigenvalue weighted by Gasteiger charge is 2.46. The lowest BCUT2D eigenvalue weighted by atomic mass is 9.90. The van der Waals surface area contributed by atoms with Gasteiger partial charge in [0.2, 0.25) is 11.8 Å². The van der Waals surface area contributed by atoms with Crippen LogP contribution in [-0.2, 0) is 36.3 Å². The summed E-state index contributed by atoms with van der Waals surface area (Å²) >= 11 is 0. The molecule has 1 saturated carbocycles. The first kappa shape index (κ1) is 46.5. The quantitative estimate of drug-likeness (QED) is 0.0847. The van der Waals surface area contributed by atoms with Crippen LogP contribution in [0.2, 0.25) is 0 Å². The van der Waals surface area contributed by atoms with E-state index in [0.717, 1.165) is 42.5 Å². The van der Waals surface area contributed by atoms with E-state index >= 15 is 8.78 Å². The molecule has 17 heteroatoms. The largest absolute Gasteiger partial charge is 0.453 e. The molecule has 3 aromatic carbocycles. The summed E-state index contributed by atoms with van der Waals surface area (Å²) < 4.78 is 48.2. The predicted molar refractivity (Wildman–Crippen MR) is 249 cm³/mol. The van der Waals surface area contributed by atoms with Gasteiger partial charge in [-0.3, -0.25) is 9.59 Å². The van der Waals surface area contributed by atoms with Gasteiger partial charge in [-0.05, 0) is 95.7 Å². The smallest absolute Gasteiger partial charge is 0.407 e. The zero-order valence-corrected chi connectivity index (χ0v) is 39.0. The summed E-state index contributed by atoms with van der Waals surface area (Å²) in [6.45, 7) is 8.06. The molecular weight excluding hydrogens is 875 g/mol. The normalized spacial score (nSPS) is 18.9. The molecule has 2 aliphatic heterocycles. The number of ether oxygens (including phenoxy) is 3. The number of likely N-dealkylation sites (tertiary alicyclic amines) is 1. The van der Waals surface area contributed by atoms with Crippen molar-refractivity contribution in [3.63, 3.8) is 0 Å². The van der Waals surface area contributed by atoms with Gasteiger partial charge in [0.15, 0.2) is 0 Å². The Labute approximate surface area is 393 Å². The van der Waals surface area contributed by atoms with Crippen LogP contribution < -0.4 is 10.6 Å². The average Bonchev–Trinajstić information content (AvgIpc) is 3.85. The third-order valence-electron chi connectivity index (χ3n) is 14.1. The maximum absolute atomic E-state index is 16.5. The van der Waals surface area contributed by atoms with Crippen LogP contribution in [0, 0.1) is 17.3 Å². The third kappa shape index (κ3) is 9.32. The molecule has 4 amide bonds. The van der Waals surface area contributed by atoms with Crippen molar-refractivity contribution in [3.8, 4) is 44.8 Å². The maximum atomic E-state index is 16.5. The third-order valence-corrected chi connectivity index (χ3v) is 14.1. The van der Waals surface area contributed by atoms with E-state index in [1.807, 2.05) is 44.2 Å². The number of carbonyl (C=O) groups is 4. The molecule has 2 aromatic heterocycles. The number of fused-ring (bicyclic) bond motifs is 3. The molecule has 68 heavy (non-hydrogen) atoms. The standard InChI is InChI=1S/C51H58F2N8O7/c1-29(2)43(58-48(64)66-4)46(62)60(28-50(3)18-19-50)27-42-54-25-40(56-42)34-13-15-36-35-14-12-33(23-37(35)51(52,53)38(36)24-34)30-8-10-31(11-9-30)39-26-55-45(57-39)41-7-6-20-61(41)47(63)44(59-49(65)67-5)32-16-21-68-22-17-32/h8-15,23-26,29,32,41,43-44H,6-7,16-22,27-28H2,1-5H3,(H,54,56)(H,55,57)(H,58,64)(H,59,65). The van der Waals surface area contributed by atoms with Crippen molar-refractivity contribution in [2.24, 2.45) is 17.3 Å². The Bertz CT molecular complexity index is 2690. The van der Waals surface area contributed by atoms with Gasteiger partial charge in [-0.1, -0.05) is 69.3 Å². The molecule has 0 radical (unpaired) electrons. The summed E-state index contributed by atoms with van der Waals surface area (Å²) in [4.78, 5) is 71.8.